The molecule has 0 spiro atoms. The number of hydrogen-bond acceptors (Lipinski definition) is 5. The summed E-state index contributed by atoms with van der Waals surface area (Å²) in [6.45, 7) is 7.61. The van der Waals surface area contributed by atoms with E-state index in [0.717, 1.165) is 0 Å². The first-order valence-corrected chi connectivity index (χ1v) is 9.92. The van der Waals surface area contributed by atoms with Gasteiger partial charge in [0.25, 0.3) is 11.8 Å². The molecule has 27 heavy (non-hydrogen) atoms. The second-order valence-corrected chi connectivity index (χ2v) is 7.79. The lowest BCUT2D eigenvalue weighted by Gasteiger charge is -2.18. The Labute approximate surface area is 158 Å². The first-order chi connectivity index (χ1) is 12.7. The van der Waals surface area contributed by atoms with Crippen LogP contribution in [0.4, 0.5) is 0 Å². The third kappa shape index (κ3) is 4.55. The summed E-state index contributed by atoms with van der Waals surface area (Å²) in [4.78, 5) is 24.3. The van der Waals surface area contributed by atoms with Crippen molar-refractivity contribution in [3.63, 3.8) is 0 Å². The van der Waals surface area contributed by atoms with Gasteiger partial charge in [0, 0.05) is 18.7 Å². The standard InChI is InChI=1S/C18H23N3O5S/c1-5-21(6-2)27(24,25)15-9-7-14(8-10-15)17(22)19-20-18(23)16-11-12(3)26-13(16)4/h7-11H,5-6H2,1-4H3,(H,19,22)(H,20,23). The van der Waals surface area contributed by atoms with Gasteiger partial charge < -0.3 is 4.42 Å². The fraction of sp³-hybridized carbons (Fsp3) is 0.333. The summed E-state index contributed by atoms with van der Waals surface area (Å²) in [7, 11) is -3.59. The molecule has 0 unspecified atom stereocenters. The molecule has 2 amide bonds. The Kier molecular flexibility index (Phi) is 6.40. The average molecular weight is 393 g/mol. The van der Waals surface area contributed by atoms with Gasteiger partial charge in [0.1, 0.15) is 11.5 Å². The normalized spacial score (nSPS) is 11.4. The molecule has 146 valence electrons. The number of nitrogens with zero attached hydrogens (tertiary/aromatic N) is 1. The number of carbonyl (C=O) groups is 2. The van der Waals surface area contributed by atoms with Crippen LogP contribution < -0.4 is 10.9 Å². The number of carbonyl (C=O) groups excluding carboxylic acids is 2. The fourth-order valence-corrected chi connectivity index (χ4v) is 4.06. The predicted molar refractivity (Wildman–Crippen MR) is 99.7 cm³/mol. The zero-order chi connectivity index (χ0) is 20.2. The van der Waals surface area contributed by atoms with E-state index in [1.54, 1.807) is 33.8 Å². The minimum Gasteiger partial charge on any atom is -0.466 e. The van der Waals surface area contributed by atoms with Gasteiger partial charge in [-0.15, -0.1) is 0 Å². The molecule has 1 aromatic heterocycles. The Morgan fingerprint density at radius 1 is 1.00 bits per heavy atom. The van der Waals surface area contributed by atoms with Gasteiger partial charge in [-0.3, -0.25) is 20.4 Å². The summed E-state index contributed by atoms with van der Waals surface area (Å²) in [5, 5.41) is 0. The van der Waals surface area contributed by atoms with Gasteiger partial charge in [0.15, 0.2) is 0 Å². The lowest BCUT2D eigenvalue weighted by atomic mass is 10.2. The Bertz CT molecular complexity index is 928. The van der Waals surface area contributed by atoms with Crippen molar-refractivity contribution < 1.29 is 22.4 Å². The van der Waals surface area contributed by atoms with Crippen LogP contribution in [0.3, 0.4) is 0 Å². The summed E-state index contributed by atoms with van der Waals surface area (Å²) in [6, 6.07) is 7.10. The van der Waals surface area contributed by atoms with Crippen molar-refractivity contribution >= 4 is 21.8 Å². The molecule has 0 aliphatic heterocycles. The number of benzene rings is 1. The van der Waals surface area contributed by atoms with Crippen molar-refractivity contribution in [1.29, 1.82) is 0 Å². The van der Waals surface area contributed by atoms with Crippen LogP contribution in [0.1, 0.15) is 46.1 Å². The van der Waals surface area contributed by atoms with E-state index < -0.39 is 21.8 Å². The minimum absolute atomic E-state index is 0.108. The molecule has 9 heteroatoms. The summed E-state index contributed by atoms with van der Waals surface area (Å²) in [5.74, 6) is -0.0226. The molecule has 0 radical (unpaired) electrons. The monoisotopic (exact) mass is 393 g/mol. The van der Waals surface area contributed by atoms with E-state index in [2.05, 4.69) is 10.9 Å². The second kappa shape index (κ2) is 8.36. The first-order valence-electron chi connectivity index (χ1n) is 8.48. The molecule has 0 bridgehead atoms. The first kappa shape index (κ1) is 20.7. The van der Waals surface area contributed by atoms with Crippen molar-refractivity contribution in [2.45, 2.75) is 32.6 Å². The van der Waals surface area contributed by atoms with Crippen LogP contribution in [-0.4, -0.2) is 37.6 Å². The summed E-state index contributed by atoms with van der Waals surface area (Å²) < 4.78 is 31.5. The third-order valence-electron chi connectivity index (χ3n) is 4.03. The highest BCUT2D eigenvalue weighted by molar-refractivity contribution is 7.89. The van der Waals surface area contributed by atoms with Crippen LogP contribution in [0, 0.1) is 13.8 Å². The van der Waals surface area contributed by atoms with Crippen molar-refractivity contribution in [2.75, 3.05) is 13.1 Å². The highest BCUT2D eigenvalue weighted by atomic mass is 32.2. The number of furan rings is 1. The van der Waals surface area contributed by atoms with Crippen LogP contribution in [0.2, 0.25) is 0 Å². The molecule has 1 aromatic carbocycles. The van der Waals surface area contributed by atoms with E-state index in [-0.39, 0.29) is 10.5 Å². The van der Waals surface area contributed by atoms with E-state index >= 15 is 0 Å². The Balaban J connectivity index is 2.05. The van der Waals surface area contributed by atoms with Crippen LogP contribution in [-0.2, 0) is 10.0 Å². The molecule has 2 rings (SSSR count). The van der Waals surface area contributed by atoms with Gasteiger partial charge in [0.2, 0.25) is 10.0 Å². The molecule has 8 nitrogen and oxygen atoms in total. The van der Waals surface area contributed by atoms with Crippen molar-refractivity contribution in [3.8, 4) is 0 Å². The van der Waals surface area contributed by atoms with E-state index in [9.17, 15) is 18.0 Å². The van der Waals surface area contributed by atoms with Gasteiger partial charge in [-0.1, -0.05) is 13.8 Å². The van der Waals surface area contributed by atoms with E-state index in [4.69, 9.17) is 4.42 Å². The van der Waals surface area contributed by atoms with Crippen molar-refractivity contribution in [1.82, 2.24) is 15.2 Å². The molecular formula is C18H23N3O5S. The SMILES string of the molecule is CCN(CC)S(=O)(=O)c1ccc(C(=O)NNC(=O)c2cc(C)oc2C)cc1. The Morgan fingerprint density at radius 2 is 1.56 bits per heavy atom. The maximum atomic E-state index is 12.4. The Morgan fingerprint density at radius 3 is 2.04 bits per heavy atom. The molecule has 0 saturated heterocycles. The molecule has 0 aliphatic rings. The summed E-state index contributed by atoms with van der Waals surface area (Å²) in [5.41, 5.74) is 5.15. The Hall–Kier alpha value is -2.65. The number of hydrogen-bond donors (Lipinski definition) is 2. The fourth-order valence-electron chi connectivity index (χ4n) is 2.60. The molecule has 0 aliphatic carbocycles. The number of nitrogens with one attached hydrogen (secondary N) is 2. The summed E-state index contributed by atoms with van der Waals surface area (Å²) >= 11 is 0. The number of hydrazine groups is 1. The highest BCUT2D eigenvalue weighted by Crippen LogP contribution is 2.16. The quantitative estimate of drug-likeness (QED) is 0.730. The van der Waals surface area contributed by atoms with Crippen LogP contribution in [0.25, 0.3) is 0 Å². The smallest absolute Gasteiger partial charge is 0.273 e. The van der Waals surface area contributed by atoms with Gasteiger partial charge in [-0.2, -0.15) is 4.31 Å². The maximum absolute atomic E-state index is 12.4. The molecule has 2 aromatic rings. The van der Waals surface area contributed by atoms with E-state index in [1.807, 2.05) is 0 Å². The minimum atomic E-state index is -3.59. The zero-order valence-corrected chi connectivity index (χ0v) is 16.5. The average Bonchev–Trinajstić information content (AvgIpc) is 2.98. The molecule has 0 fully saturated rings. The number of rotatable bonds is 6. The lowest BCUT2D eigenvalue weighted by molar-refractivity contribution is 0.0845. The highest BCUT2D eigenvalue weighted by Gasteiger charge is 2.22. The predicted octanol–water partition coefficient (Wildman–Crippen LogP) is 2.00. The van der Waals surface area contributed by atoms with Crippen molar-refractivity contribution in [3.05, 3.63) is 53.0 Å². The lowest BCUT2D eigenvalue weighted by Crippen LogP contribution is -2.41. The van der Waals surface area contributed by atoms with E-state index in [1.165, 1.54) is 28.6 Å². The molecule has 0 saturated carbocycles. The molecule has 2 N–H and O–H groups in total. The van der Waals surface area contributed by atoms with Crippen LogP contribution in [0.5, 0.6) is 0 Å². The topological polar surface area (TPSA) is 109 Å². The largest absolute Gasteiger partial charge is 0.466 e. The van der Waals surface area contributed by atoms with Gasteiger partial charge in [-0.25, -0.2) is 8.42 Å². The molecule has 0 atom stereocenters. The second-order valence-electron chi connectivity index (χ2n) is 5.85. The maximum Gasteiger partial charge on any atom is 0.273 e. The van der Waals surface area contributed by atoms with Gasteiger partial charge in [-0.05, 0) is 44.2 Å². The van der Waals surface area contributed by atoms with Crippen LogP contribution >= 0.6 is 0 Å². The van der Waals surface area contributed by atoms with Gasteiger partial charge >= 0.3 is 0 Å². The summed E-state index contributed by atoms with van der Waals surface area (Å²) in [6.07, 6.45) is 0. The molecule has 1 heterocycles. The van der Waals surface area contributed by atoms with Crippen LogP contribution in [0.15, 0.2) is 39.6 Å². The number of aryl methyl sites for hydroxylation is 2. The van der Waals surface area contributed by atoms with Crippen molar-refractivity contribution in [2.24, 2.45) is 0 Å². The van der Waals surface area contributed by atoms with Gasteiger partial charge in [0.05, 0.1) is 10.5 Å². The van der Waals surface area contributed by atoms with E-state index in [0.29, 0.717) is 30.2 Å². The zero-order valence-electron chi connectivity index (χ0n) is 15.7. The number of sulfonamides is 1. The number of amides is 2. The molecular weight excluding hydrogens is 370 g/mol. The third-order valence-corrected chi connectivity index (χ3v) is 6.10.